The fourth-order valence-electron chi connectivity index (χ4n) is 3.12. The Morgan fingerprint density at radius 1 is 1.22 bits per heavy atom. The standard InChI is InChI=1S/C16H19F2N3O2/c17-12-4-3-11(13(18)8-12)9-21-7-6-20(10-15(21)22)14-2-1-5-19-16(14)23/h3-4,8,14H,1-2,5-7,9-10H2,(H,19,23). The number of rotatable bonds is 3. The first-order valence-electron chi connectivity index (χ1n) is 7.78. The SMILES string of the molecule is O=C1NCCCC1N1CCN(Cc2ccc(F)cc2F)C(=O)C1. The zero-order valence-electron chi connectivity index (χ0n) is 12.7. The molecule has 2 fully saturated rings. The maximum Gasteiger partial charge on any atom is 0.237 e. The molecule has 3 rings (SSSR count). The highest BCUT2D eigenvalue weighted by atomic mass is 19.1. The third-order valence-corrected chi connectivity index (χ3v) is 4.42. The van der Waals surface area contributed by atoms with Gasteiger partial charge in [0.15, 0.2) is 0 Å². The van der Waals surface area contributed by atoms with E-state index in [1.807, 2.05) is 4.90 Å². The van der Waals surface area contributed by atoms with Crippen molar-refractivity contribution in [1.29, 1.82) is 0 Å². The van der Waals surface area contributed by atoms with Gasteiger partial charge in [-0.3, -0.25) is 14.5 Å². The van der Waals surface area contributed by atoms with E-state index >= 15 is 0 Å². The highest BCUT2D eigenvalue weighted by Gasteiger charge is 2.33. The highest BCUT2D eigenvalue weighted by molar-refractivity contribution is 5.84. The number of carbonyl (C=O) groups is 2. The van der Waals surface area contributed by atoms with Crippen molar-refractivity contribution >= 4 is 11.8 Å². The monoisotopic (exact) mass is 323 g/mol. The summed E-state index contributed by atoms with van der Waals surface area (Å²) < 4.78 is 26.6. The fourth-order valence-corrected chi connectivity index (χ4v) is 3.12. The largest absolute Gasteiger partial charge is 0.355 e. The predicted molar refractivity (Wildman–Crippen MR) is 79.4 cm³/mol. The van der Waals surface area contributed by atoms with Crippen LogP contribution in [0.15, 0.2) is 18.2 Å². The van der Waals surface area contributed by atoms with Gasteiger partial charge in [-0.15, -0.1) is 0 Å². The molecule has 23 heavy (non-hydrogen) atoms. The number of benzene rings is 1. The minimum absolute atomic E-state index is 0.0259. The van der Waals surface area contributed by atoms with E-state index in [-0.39, 0.29) is 30.9 Å². The van der Waals surface area contributed by atoms with Gasteiger partial charge in [-0.1, -0.05) is 6.07 Å². The molecule has 1 atom stereocenters. The molecule has 2 aliphatic heterocycles. The normalized spacial score (nSPS) is 23.0. The van der Waals surface area contributed by atoms with Gasteiger partial charge in [-0.25, -0.2) is 8.78 Å². The van der Waals surface area contributed by atoms with Gasteiger partial charge in [0.1, 0.15) is 11.6 Å². The second kappa shape index (κ2) is 6.62. The highest BCUT2D eigenvalue weighted by Crippen LogP contribution is 2.18. The molecule has 1 aromatic rings. The average Bonchev–Trinajstić information content (AvgIpc) is 2.52. The van der Waals surface area contributed by atoms with Gasteiger partial charge >= 0.3 is 0 Å². The molecule has 5 nitrogen and oxygen atoms in total. The Labute approximate surface area is 133 Å². The molecule has 1 unspecified atom stereocenters. The van der Waals surface area contributed by atoms with Crippen LogP contribution in [-0.4, -0.2) is 53.8 Å². The fraction of sp³-hybridized carbons (Fsp3) is 0.500. The van der Waals surface area contributed by atoms with Crippen LogP contribution < -0.4 is 5.32 Å². The molecule has 2 amide bonds. The van der Waals surface area contributed by atoms with Gasteiger partial charge in [0, 0.05) is 37.8 Å². The van der Waals surface area contributed by atoms with Crippen LogP contribution in [0.5, 0.6) is 0 Å². The van der Waals surface area contributed by atoms with Crippen molar-refractivity contribution in [1.82, 2.24) is 15.1 Å². The van der Waals surface area contributed by atoms with E-state index in [1.54, 1.807) is 4.90 Å². The Kier molecular flexibility index (Phi) is 4.56. The molecule has 1 aromatic carbocycles. The molecule has 2 aliphatic rings. The van der Waals surface area contributed by atoms with Crippen molar-refractivity contribution in [2.45, 2.75) is 25.4 Å². The minimum Gasteiger partial charge on any atom is -0.355 e. The first kappa shape index (κ1) is 15.9. The van der Waals surface area contributed by atoms with Crippen LogP contribution >= 0.6 is 0 Å². The van der Waals surface area contributed by atoms with E-state index in [0.29, 0.717) is 25.2 Å². The van der Waals surface area contributed by atoms with Gasteiger partial charge < -0.3 is 10.2 Å². The summed E-state index contributed by atoms with van der Waals surface area (Å²) >= 11 is 0. The second-order valence-electron chi connectivity index (χ2n) is 5.97. The summed E-state index contributed by atoms with van der Waals surface area (Å²) in [5.41, 5.74) is 0.295. The van der Waals surface area contributed by atoms with Crippen LogP contribution in [-0.2, 0) is 16.1 Å². The predicted octanol–water partition coefficient (Wildman–Crippen LogP) is 0.888. The summed E-state index contributed by atoms with van der Waals surface area (Å²) in [6.45, 7) is 1.97. The van der Waals surface area contributed by atoms with Gasteiger partial charge in [-0.2, -0.15) is 0 Å². The molecule has 0 radical (unpaired) electrons. The minimum atomic E-state index is -0.646. The van der Waals surface area contributed by atoms with E-state index in [0.717, 1.165) is 18.9 Å². The molecule has 0 aromatic heterocycles. The van der Waals surface area contributed by atoms with E-state index in [4.69, 9.17) is 0 Å². The number of amides is 2. The number of halogens is 2. The molecule has 0 saturated carbocycles. The summed E-state index contributed by atoms with van der Waals surface area (Å²) in [5.74, 6) is -1.45. The molecule has 2 heterocycles. The molecule has 1 N–H and O–H groups in total. The van der Waals surface area contributed by atoms with E-state index < -0.39 is 11.6 Å². The van der Waals surface area contributed by atoms with Gasteiger partial charge in [0.25, 0.3) is 0 Å². The number of carbonyl (C=O) groups excluding carboxylic acids is 2. The lowest BCUT2D eigenvalue weighted by Crippen LogP contribution is -2.58. The molecule has 2 saturated heterocycles. The van der Waals surface area contributed by atoms with E-state index in [2.05, 4.69) is 5.32 Å². The van der Waals surface area contributed by atoms with Crippen molar-refractivity contribution in [2.24, 2.45) is 0 Å². The smallest absolute Gasteiger partial charge is 0.237 e. The van der Waals surface area contributed by atoms with Crippen molar-refractivity contribution < 1.29 is 18.4 Å². The maximum atomic E-state index is 13.7. The summed E-state index contributed by atoms with van der Waals surface area (Å²) in [7, 11) is 0. The summed E-state index contributed by atoms with van der Waals surface area (Å²) in [4.78, 5) is 27.6. The van der Waals surface area contributed by atoms with Gasteiger partial charge in [-0.05, 0) is 18.9 Å². The Hall–Kier alpha value is -2.02. The molecule has 7 heteroatoms. The number of hydrogen-bond donors (Lipinski definition) is 1. The molecule has 0 aliphatic carbocycles. The first-order valence-corrected chi connectivity index (χ1v) is 7.78. The van der Waals surface area contributed by atoms with Crippen molar-refractivity contribution in [3.05, 3.63) is 35.4 Å². The Bertz CT molecular complexity index is 623. The third kappa shape index (κ3) is 3.50. The van der Waals surface area contributed by atoms with Crippen LogP contribution in [0.25, 0.3) is 0 Å². The number of nitrogens with zero attached hydrogens (tertiary/aromatic N) is 2. The second-order valence-corrected chi connectivity index (χ2v) is 5.97. The number of piperidine rings is 1. The van der Waals surface area contributed by atoms with Crippen molar-refractivity contribution in [3.8, 4) is 0 Å². The summed E-state index contributed by atoms with van der Waals surface area (Å²) in [5, 5.41) is 2.82. The van der Waals surface area contributed by atoms with Gasteiger partial charge in [0.2, 0.25) is 11.8 Å². The number of piperazine rings is 1. The topological polar surface area (TPSA) is 52.7 Å². The summed E-state index contributed by atoms with van der Waals surface area (Å²) in [6, 6.07) is 3.12. The molecular formula is C16H19F2N3O2. The first-order chi connectivity index (χ1) is 11.0. The van der Waals surface area contributed by atoms with Crippen LogP contribution in [0, 0.1) is 11.6 Å². The maximum absolute atomic E-state index is 13.7. The van der Waals surface area contributed by atoms with E-state index in [1.165, 1.54) is 12.1 Å². The van der Waals surface area contributed by atoms with Crippen LogP contribution in [0.1, 0.15) is 18.4 Å². The lowest BCUT2D eigenvalue weighted by atomic mass is 10.0. The Morgan fingerprint density at radius 3 is 2.74 bits per heavy atom. The number of hydrogen-bond acceptors (Lipinski definition) is 3. The van der Waals surface area contributed by atoms with Crippen LogP contribution in [0.2, 0.25) is 0 Å². The van der Waals surface area contributed by atoms with Crippen molar-refractivity contribution in [3.63, 3.8) is 0 Å². The lowest BCUT2D eigenvalue weighted by Gasteiger charge is -2.39. The third-order valence-electron chi connectivity index (χ3n) is 4.42. The van der Waals surface area contributed by atoms with Gasteiger partial charge in [0.05, 0.1) is 12.6 Å². The zero-order valence-corrected chi connectivity index (χ0v) is 12.7. The molecule has 0 bridgehead atoms. The molecular weight excluding hydrogens is 304 g/mol. The van der Waals surface area contributed by atoms with Crippen molar-refractivity contribution in [2.75, 3.05) is 26.2 Å². The lowest BCUT2D eigenvalue weighted by molar-refractivity contribution is -0.140. The average molecular weight is 323 g/mol. The number of nitrogens with one attached hydrogen (secondary N) is 1. The van der Waals surface area contributed by atoms with Crippen LogP contribution in [0.3, 0.4) is 0 Å². The van der Waals surface area contributed by atoms with E-state index in [9.17, 15) is 18.4 Å². The van der Waals surface area contributed by atoms with Crippen LogP contribution in [0.4, 0.5) is 8.78 Å². The Balaban J connectivity index is 1.62. The Morgan fingerprint density at radius 2 is 2.04 bits per heavy atom. The molecule has 0 spiro atoms. The zero-order chi connectivity index (χ0) is 16.4. The summed E-state index contributed by atoms with van der Waals surface area (Å²) in [6.07, 6.45) is 1.66. The molecule has 124 valence electrons. The quantitative estimate of drug-likeness (QED) is 0.899.